The van der Waals surface area contributed by atoms with Crippen LogP contribution in [0.4, 0.5) is 4.79 Å². The molecule has 3 aromatic rings. The van der Waals surface area contributed by atoms with Crippen LogP contribution in [0.5, 0.6) is 5.75 Å². The van der Waals surface area contributed by atoms with Crippen LogP contribution >= 0.6 is 15.9 Å². The molecule has 0 saturated carbocycles. The molecule has 0 radical (unpaired) electrons. The molecule has 0 unspecified atom stereocenters. The van der Waals surface area contributed by atoms with Gasteiger partial charge in [0.15, 0.2) is 0 Å². The molecule has 152 valence electrons. The molecule has 1 aliphatic rings. The second-order valence-corrected chi connectivity index (χ2v) is 7.86. The smallest absolute Gasteiger partial charge is 0.407 e. The Kier molecular flexibility index (Phi) is 6.19. The molecule has 30 heavy (non-hydrogen) atoms. The molecule has 0 saturated heterocycles. The second kappa shape index (κ2) is 9.18. The molecular formula is C25H22BrNO3. The van der Waals surface area contributed by atoms with E-state index in [0.29, 0.717) is 13.2 Å². The monoisotopic (exact) mass is 463 g/mol. The summed E-state index contributed by atoms with van der Waals surface area (Å²) in [5.74, 6) is 0.829. The predicted octanol–water partition coefficient (Wildman–Crippen LogP) is 6.01. The van der Waals surface area contributed by atoms with Crippen LogP contribution in [0, 0.1) is 0 Å². The Morgan fingerprint density at radius 3 is 2.37 bits per heavy atom. The van der Waals surface area contributed by atoms with Gasteiger partial charge in [0.25, 0.3) is 0 Å². The van der Waals surface area contributed by atoms with Crippen LogP contribution in [0.3, 0.4) is 0 Å². The molecule has 0 aliphatic heterocycles. The highest BCUT2D eigenvalue weighted by Crippen LogP contribution is 2.44. The van der Waals surface area contributed by atoms with Gasteiger partial charge < -0.3 is 14.8 Å². The molecular weight excluding hydrogens is 442 g/mol. The Bertz CT molecular complexity index is 1050. The van der Waals surface area contributed by atoms with E-state index in [1.54, 1.807) is 7.11 Å². The maximum Gasteiger partial charge on any atom is 0.407 e. The number of rotatable bonds is 6. The Balaban J connectivity index is 1.32. The van der Waals surface area contributed by atoms with Crippen molar-refractivity contribution < 1.29 is 14.3 Å². The molecule has 0 aromatic heterocycles. The lowest BCUT2D eigenvalue weighted by molar-refractivity contribution is 0.144. The first kappa shape index (κ1) is 20.2. The first-order valence-corrected chi connectivity index (χ1v) is 10.6. The maximum atomic E-state index is 12.2. The average Bonchev–Trinajstić information content (AvgIpc) is 3.10. The van der Waals surface area contributed by atoms with E-state index in [1.807, 2.05) is 54.6 Å². The van der Waals surface area contributed by atoms with Crippen LogP contribution in [-0.2, 0) is 4.74 Å². The number of nitrogens with one attached hydrogen (secondary N) is 1. The zero-order valence-corrected chi connectivity index (χ0v) is 18.2. The van der Waals surface area contributed by atoms with Crippen LogP contribution in [0.25, 0.3) is 17.2 Å². The van der Waals surface area contributed by atoms with Crippen molar-refractivity contribution in [2.45, 2.75) is 5.92 Å². The molecule has 0 spiro atoms. The Morgan fingerprint density at radius 1 is 1.03 bits per heavy atom. The minimum Gasteiger partial charge on any atom is -0.496 e. The van der Waals surface area contributed by atoms with E-state index < -0.39 is 6.09 Å². The van der Waals surface area contributed by atoms with Crippen LogP contribution in [0.1, 0.15) is 22.6 Å². The third kappa shape index (κ3) is 4.26. The maximum absolute atomic E-state index is 12.2. The highest BCUT2D eigenvalue weighted by Gasteiger charge is 2.28. The van der Waals surface area contributed by atoms with E-state index in [0.717, 1.165) is 15.8 Å². The van der Waals surface area contributed by atoms with Crippen LogP contribution < -0.4 is 10.1 Å². The number of benzene rings is 3. The first-order valence-electron chi connectivity index (χ1n) is 9.76. The van der Waals surface area contributed by atoms with Crippen molar-refractivity contribution in [1.29, 1.82) is 0 Å². The summed E-state index contributed by atoms with van der Waals surface area (Å²) in [4.78, 5) is 12.2. The summed E-state index contributed by atoms with van der Waals surface area (Å²) in [6, 6.07) is 22.4. The van der Waals surface area contributed by atoms with Crippen molar-refractivity contribution in [2.24, 2.45) is 0 Å². The molecule has 5 heteroatoms. The van der Waals surface area contributed by atoms with Crippen molar-refractivity contribution in [3.63, 3.8) is 0 Å². The van der Waals surface area contributed by atoms with Gasteiger partial charge in [-0.2, -0.15) is 0 Å². The summed E-state index contributed by atoms with van der Waals surface area (Å²) in [6.07, 6.45) is 3.39. The van der Waals surface area contributed by atoms with E-state index in [2.05, 4.69) is 45.5 Å². The summed E-state index contributed by atoms with van der Waals surface area (Å²) in [7, 11) is 1.63. The summed E-state index contributed by atoms with van der Waals surface area (Å²) in [6.45, 7) is 0.697. The third-order valence-electron chi connectivity index (χ3n) is 5.19. The number of carbonyl (C=O) groups excluding carboxylic acids is 1. The van der Waals surface area contributed by atoms with Crippen molar-refractivity contribution in [3.05, 3.63) is 94.0 Å². The number of alkyl carbamates (subject to hydrolysis) is 1. The van der Waals surface area contributed by atoms with Gasteiger partial charge in [-0.1, -0.05) is 66.7 Å². The van der Waals surface area contributed by atoms with Crippen molar-refractivity contribution in [3.8, 4) is 16.9 Å². The van der Waals surface area contributed by atoms with Gasteiger partial charge in [-0.25, -0.2) is 4.79 Å². The Morgan fingerprint density at radius 2 is 1.70 bits per heavy atom. The van der Waals surface area contributed by atoms with E-state index in [1.165, 1.54) is 22.3 Å². The zero-order chi connectivity index (χ0) is 20.9. The van der Waals surface area contributed by atoms with E-state index in [9.17, 15) is 4.79 Å². The number of hydrogen-bond donors (Lipinski definition) is 1. The fraction of sp³-hybridized carbons (Fsp3) is 0.160. The number of amides is 1. The van der Waals surface area contributed by atoms with Crippen molar-refractivity contribution >= 4 is 28.1 Å². The molecule has 0 bridgehead atoms. The third-order valence-corrected chi connectivity index (χ3v) is 5.85. The molecule has 4 nitrogen and oxygen atoms in total. The minimum absolute atomic E-state index is 0.0638. The standard InChI is InChI=1S/C25H22BrNO3/c1-29-24-15-17(12-13-23(24)26)7-6-14-27-25(28)30-16-22-20-10-4-2-8-18(20)19-9-3-5-11-21(19)22/h2-13,15,22H,14,16H2,1H3,(H,27,28). The highest BCUT2D eigenvalue weighted by atomic mass is 79.9. The Labute approximate surface area is 184 Å². The largest absolute Gasteiger partial charge is 0.496 e. The molecule has 0 fully saturated rings. The fourth-order valence-corrected chi connectivity index (χ4v) is 4.18. The summed E-state index contributed by atoms with van der Waals surface area (Å²) in [5, 5.41) is 2.78. The minimum atomic E-state index is -0.421. The van der Waals surface area contributed by atoms with E-state index >= 15 is 0 Å². The normalized spacial score (nSPS) is 12.5. The molecule has 1 amide bonds. The zero-order valence-electron chi connectivity index (χ0n) is 16.6. The summed E-state index contributed by atoms with van der Waals surface area (Å²) < 4.78 is 11.7. The van der Waals surface area contributed by atoms with Gasteiger partial charge in [-0.15, -0.1) is 0 Å². The highest BCUT2D eigenvalue weighted by molar-refractivity contribution is 9.10. The van der Waals surface area contributed by atoms with Crippen LogP contribution in [-0.4, -0.2) is 26.4 Å². The summed E-state index contributed by atoms with van der Waals surface area (Å²) >= 11 is 3.43. The molecule has 0 atom stereocenters. The quantitative estimate of drug-likeness (QED) is 0.486. The van der Waals surface area contributed by atoms with Gasteiger partial charge in [-0.3, -0.25) is 0 Å². The number of hydrogen-bond acceptors (Lipinski definition) is 3. The lowest BCUT2D eigenvalue weighted by Gasteiger charge is -2.14. The molecule has 3 aromatic carbocycles. The topological polar surface area (TPSA) is 47.6 Å². The van der Waals surface area contributed by atoms with Gasteiger partial charge in [0, 0.05) is 12.5 Å². The van der Waals surface area contributed by atoms with E-state index in [4.69, 9.17) is 9.47 Å². The molecule has 1 aliphatic carbocycles. The molecule has 1 N–H and O–H groups in total. The number of carbonyl (C=O) groups is 1. The fourth-order valence-electron chi connectivity index (χ4n) is 3.77. The lowest BCUT2D eigenvalue weighted by Crippen LogP contribution is -2.26. The lowest BCUT2D eigenvalue weighted by atomic mass is 9.98. The van der Waals surface area contributed by atoms with E-state index in [-0.39, 0.29) is 5.92 Å². The van der Waals surface area contributed by atoms with Gasteiger partial charge in [0.1, 0.15) is 12.4 Å². The number of fused-ring (bicyclic) bond motifs is 3. The Hall–Kier alpha value is -3.05. The second-order valence-electron chi connectivity index (χ2n) is 7.00. The van der Waals surface area contributed by atoms with Crippen LogP contribution in [0.2, 0.25) is 0 Å². The first-order chi connectivity index (χ1) is 14.7. The molecule has 0 heterocycles. The van der Waals surface area contributed by atoms with Gasteiger partial charge in [-0.05, 0) is 55.9 Å². The predicted molar refractivity (Wildman–Crippen MR) is 123 cm³/mol. The number of methoxy groups -OCH3 is 1. The van der Waals surface area contributed by atoms with Crippen molar-refractivity contribution in [1.82, 2.24) is 5.32 Å². The molecule has 4 rings (SSSR count). The van der Waals surface area contributed by atoms with Gasteiger partial charge in [0.05, 0.1) is 11.6 Å². The van der Waals surface area contributed by atoms with Crippen molar-refractivity contribution in [2.75, 3.05) is 20.3 Å². The van der Waals surface area contributed by atoms with Crippen LogP contribution in [0.15, 0.2) is 77.3 Å². The SMILES string of the molecule is COc1cc(C=CCNC(=O)OCC2c3ccccc3-c3ccccc32)ccc1Br. The average molecular weight is 464 g/mol. The van der Waals surface area contributed by atoms with Gasteiger partial charge >= 0.3 is 6.09 Å². The number of ether oxygens (including phenoxy) is 2. The number of halogens is 1. The van der Waals surface area contributed by atoms with Gasteiger partial charge in [0.2, 0.25) is 0 Å². The summed E-state index contributed by atoms with van der Waals surface area (Å²) in [5.41, 5.74) is 5.83.